The van der Waals surface area contributed by atoms with Crippen LogP contribution in [0.25, 0.3) is 0 Å². The molecule has 0 aliphatic heterocycles. The lowest BCUT2D eigenvalue weighted by molar-refractivity contribution is 0.0937. The topological polar surface area (TPSA) is 64.3 Å². The van der Waals surface area contributed by atoms with Gasteiger partial charge in [-0.2, -0.15) is 11.3 Å². The fraction of sp³-hybridized carbons (Fsp3) is 0.214. The Morgan fingerprint density at radius 2 is 2.21 bits per heavy atom. The molecule has 0 fully saturated rings. The van der Waals surface area contributed by atoms with E-state index in [1.165, 1.54) is 7.11 Å². The van der Waals surface area contributed by atoms with Crippen molar-refractivity contribution >= 4 is 22.9 Å². The summed E-state index contributed by atoms with van der Waals surface area (Å²) < 4.78 is 5.18. The largest absolute Gasteiger partial charge is 0.496 e. The van der Waals surface area contributed by atoms with Crippen LogP contribution >= 0.6 is 11.3 Å². The third-order valence-corrected chi connectivity index (χ3v) is 3.56. The molecular formula is C14H16N2O2S. The van der Waals surface area contributed by atoms with Crippen molar-refractivity contribution in [1.29, 1.82) is 0 Å². The number of anilines is 1. The first-order chi connectivity index (χ1) is 9.11. The Kier molecular flexibility index (Phi) is 4.06. The third-order valence-electron chi connectivity index (χ3n) is 2.86. The summed E-state index contributed by atoms with van der Waals surface area (Å²) in [7, 11) is 1.53. The summed E-state index contributed by atoms with van der Waals surface area (Å²) in [5, 5.41) is 6.93. The van der Waals surface area contributed by atoms with Gasteiger partial charge in [-0.05, 0) is 47.5 Å². The smallest absolute Gasteiger partial charge is 0.255 e. The number of benzene rings is 1. The van der Waals surface area contributed by atoms with Crippen LogP contribution in [0.5, 0.6) is 5.75 Å². The van der Waals surface area contributed by atoms with Gasteiger partial charge in [-0.15, -0.1) is 0 Å². The number of carbonyl (C=O) groups is 1. The summed E-state index contributed by atoms with van der Waals surface area (Å²) in [5.41, 5.74) is 7.78. The van der Waals surface area contributed by atoms with Crippen molar-refractivity contribution in [2.24, 2.45) is 0 Å². The highest BCUT2D eigenvalue weighted by Crippen LogP contribution is 2.22. The highest BCUT2D eigenvalue weighted by Gasteiger charge is 2.16. The lowest BCUT2D eigenvalue weighted by atomic mass is 10.1. The molecular weight excluding hydrogens is 260 g/mol. The van der Waals surface area contributed by atoms with Gasteiger partial charge in [-0.1, -0.05) is 0 Å². The summed E-state index contributed by atoms with van der Waals surface area (Å²) in [5.74, 6) is 0.326. The fourth-order valence-corrected chi connectivity index (χ4v) is 2.54. The molecule has 100 valence electrons. The van der Waals surface area contributed by atoms with Crippen LogP contribution in [0.4, 0.5) is 5.69 Å². The average Bonchev–Trinajstić information content (AvgIpc) is 2.92. The predicted octanol–water partition coefficient (Wildman–Crippen LogP) is 2.83. The van der Waals surface area contributed by atoms with Gasteiger partial charge in [-0.25, -0.2) is 0 Å². The molecule has 2 rings (SSSR count). The number of nitrogens with one attached hydrogen (secondary N) is 1. The van der Waals surface area contributed by atoms with Crippen molar-refractivity contribution in [3.05, 3.63) is 46.2 Å². The Morgan fingerprint density at radius 3 is 2.84 bits per heavy atom. The maximum absolute atomic E-state index is 12.2. The van der Waals surface area contributed by atoms with Gasteiger partial charge < -0.3 is 15.8 Å². The first-order valence-electron chi connectivity index (χ1n) is 5.88. The average molecular weight is 276 g/mol. The number of thiophene rings is 1. The summed E-state index contributed by atoms with van der Waals surface area (Å²) in [6.45, 7) is 1.94. The monoisotopic (exact) mass is 276 g/mol. The number of rotatable bonds is 4. The summed E-state index contributed by atoms with van der Waals surface area (Å²) in [4.78, 5) is 12.2. The van der Waals surface area contributed by atoms with Crippen molar-refractivity contribution in [2.75, 3.05) is 12.8 Å². The van der Waals surface area contributed by atoms with Crippen LogP contribution < -0.4 is 15.8 Å². The second kappa shape index (κ2) is 5.75. The summed E-state index contributed by atoms with van der Waals surface area (Å²) >= 11 is 1.60. The first kappa shape index (κ1) is 13.4. The van der Waals surface area contributed by atoms with E-state index in [9.17, 15) is 4.79 Å². The third kappa shape index (κ3) is 3.06. The standard InChI is InChI=1S/C14H16N2O2S/c1-9(10-5-6-19-8-10)16-14(17)12-7-11(15)3-4-13(12)18-2/h3-9H,15H2,1-2H3,(H,16,17). The number of hydrogen-bond donors (Lipinski definition) is 2. The highest BCUT2D eigenvalue weighted by molar-refractivity contribution is 7.07. The van der Waals surface area contributed by atoms with E-state index in [0.717, 1.165) is 5.56 Å². The minimum absolute atomic E-state index is 0.0510. The first-order valence-corrected chi connectivity index (χ1v) is 6.82. The molecule has 1 atom stereocenters. The number of nitrogen functional groups attached to an aromatic ring is 1. The van der Waals surface area contributed by atoms with E-state index < -0.39 is 0 Å². The van der Waals surface area contributed by atoms with Gasteiger partial charge in [0.05, 0.1) is 18.7 Å². The maximum atomic E-state index is 12.2. The van der Waals surface area contributed by atoms with Crippen LogP contribution in [-0.2, 0) is 0 Å². The van der Waals surface area contributed by atoms with Crippen molar-refractivity contribution in [2.45, 2.75) is 13.0 Å². The Hall–Kier alpha value is -2.01. The fourth-order valence-electron chi connectivity index (χ4n) is 1.78. The lowest BCUT2D eigenvalue weighted by Gasteiger charge is -2.14. The Balaban J connectivity index is 2.18. The molecule has 0 bridgehead atoms. The van der Waals surface area contributed by atoms with Gasteiger partial charge in [0.25, 0.3) is 5.91 Å². The molecule has 0 radical (unpaired) electrons. The second-order valence-corrected chi connectivity index (χ2v) is 4.99. The molecule has 2 aromatic rings. The molecule has 0 aliphatic carbocycles. The van der Waals surface area contributed by atoms with Gasteiger partial charge in [0.15, 0.2) is 0 Å². The van der Waals surface area contributed by atoms with Crippen molar-refractivity contribution in [3.63, 3.8) is 0 Å². The minimum atomic E-state index is -0.192. The van der Waals surface area contributed by atoms with Gasteiger partial charge in [0, 0.05) is 5.69 Å². The molecule has 1 aromatic heterocycles. The van der Waals surface area contributed by atoms with Gasteiger partial charge in [-0.3, -0.25) is 4.79 Å². The molecule has 0 aliphatic rings. The Bertz CT molecular complexity index is 567. The number of amides is 1. The zero-order valence-corrected chi connectivity index (χ0v) is 11.7. The zero-order chi connectivity index (χ0) is 13.8. The van der Waals surface area contributed by atoms with Crippen LogP contribution in [0, 0.1) is 0 Å². The van der Waals surface area contributed by atoms with E-state index in [2.05, 4.69) is 5.32 Å². The molecule has 1 heterocycles. The maximum Gasteiger partial charge on any atom is 0.255 e. The number of methoxy groups -OCH3 is 1. The van der Waals surface area contributed by atoms with Crippen LogP contribution in [-0.4, -0.2) is 13.0 Å². The lowest BCUT2D eigenvalue weighted by Crippen LogP contribution is -2.26. The van der Waals surface area contributed by atoms with E-state index in [4.69, 9.17) is 10.5 Å². The van der Waals surface area contributed by atoms with E-state index in [1.54, 1.807) is 29.5 Å². The van der Waals surface area contributed by atoms with E-state index >= 15 is 0 Å². The molecule has 5 heteroatoms. The molecule has 19 heavy (non-hydrogen) atoms. The molecule has 0 spiro atoms. The number of carbonyl (C=O) groups excluding carboxylic acids is 1. The van der Waals surface area contributed by atoms with Crippen LogP contribution in [0.15, 0.2) is 35.0 Å². The predicted molar refractivity (Wildman–Crippen MR) is 77.6 cm³/mol. The number of hydrogen-bond acceptors (Lipinski definition) is 4. The van der Waals surface area contributed by atoms with Gasteiger partial charge in [0.1, 0.15) is 5.75 Å². The van der Waals surface area contributed by atoms with Crippen molar-refractivity contribution < 1.29 is 9.53 Å². The van der Waals surface area contributed by atoms with Gasteiger partial charge in [0.2, 0.25) is 0 Å². The SMILES string of the molecule is COc1ccc(N)cc1C(=O)NC(C)c1ccsc1. The zero-order valence-electron chi connectivity index (χ0n) is 10.8. The van der Waals surface area contributed by atoms with Gasteiger partial charge >= 0.3 is 0 Å². The normalized spacial score (nSPS) is 11.9. The molecule has 1 unspecified atom stereocenters. The van der Waals surface area contributed by atoms with Crippen molar-refractivity contribution in [1.82, 2.24) is 5.32 Å². The summed E-state index contributed by atoms with van der Waals surface area (Å²) in [6.07, 6.45) is 0. The Labute approximate surface area is 116 Å². The van der Waals surface area contributed by atoms with Crippen LogP contribution in [0.3, 0.4) is 0 Å². The van der Waals surface area contributed by atoms with E-state index in [1.807, 2.05) is 23.8 Å². The highest BCUT2D eigenvalue weighted by atomic mass is 32.1. The molecule has 1 aromatic carbocycles. The minimum Gasteiger partial charge on any atom is -0.496 e. The molecule has 0 saturated heterocycles. The molecule has 3 N–H and O–H groups in total. The summed E-state index contributed by atoms with van der Waals surface area (Å²) in [6, 6.07) is 6.96. The van der Waals surface area contributed by atoms with Crippen LogP contribution in [0.1, 0.15) is 28.9 Å². The molecule has 0 saturated carbocycles. The van der Waals surface area contributed by atoms with Crippen molar-refractivity contribution in [3.8, 4) is 5.75 Å². The second-order valence-electron chi connectivity index (χ2n) is 4.21. The van der Waals surface area contributed by atoms with E-state index in [0.29, 0.717) is 17.0 Å². The quantitative estimate of drug-likeness (QED) is 0.844. The Morgan fingerprint density at radius 1 is 1.42 bits per heavy atom. The molecule has 4 nitrogen and oxygen atoms in total. The van der Waals surface area contributed by atoms with E-state index in [-0.39, 0.29) is 11.9 Å². The molecule has 1 amide bonds. The van der Waals surface area contributed by atoms with Crippen LogP contribution in [0.2, 0.25) is 0 Å². The number of ether oxygens (including phenoxy) is 1. The number of nitrogens with two attached hydrogens (primary N) is 1.